The number of nitrogens with zero attached hydrogens (tertiary/aromatic N) is 2. The highest BCUT2D eigenvalue weighted by Crippen LogP contribution is 2.44. The molecule has 1 aromatic heterocycles. The van der Waals surface area contributed by atoms with Crippen molar-refractivity contribution in [2.24, 2.45) is 0 Å². The highest BCUT2D eigenvalue weighted by Gasteiger charge is 2.19. The van der Waals surface area contributed by atoms with Gasteiger partial charge < -0.3 is 4.90 Å². The first-order valence-corrected chi connectivity index (χ1v) is 15.4. The van der Waals surface area contributed by atoms with Gasteiger partial charge >= 0.3 is 0 Å². The average molecular weight is 571 g/mol. The van der Waals surface area contributed by atoms with Crippen LogP contribution in [-0.4, -0.2) is 4.98 Å². The largest absolute Gasteiger partial charge is 0.310 e. The van der Waals surface area contributed by atoms with Crippen LogP contribution in [0.5, 0.6) is 0 Å². The lowest BCUT2D eigenvalue weighted by atomic mass is 9.92. The Kier molecular flexibility index (Phi) is 5.03. The Morgan fingerprint density at radius 1 is 0.333 bits per heavy atom. The van der Waals surface area contributed by atoms with Gasteiger partial charge in [-0.1, -0.05) is 103 Å². The van der Waals surface area contributed by atoms with Crippen LogP contribution >= 0.6 is 0 Å². The van der Waals surface area contributed by atoms with E-state index < -0.39 is 0 Å². The van der Waals surface area contributed by atoms with Crippen molar-refractivity contribution in [3.63, 3.8) is 0 Å². The van der Waals surface area contributed by atoms with Gasteiger partial charge in [0.2, 0.25) is 0 Å². The van der Waals surface area contributed by atoms with Crippen LogP contribution < -0.4 is 4.90 Å². The van der Waals surface area contributed by atoms with E-state index in [0.717, 1.165) is 28.2 Å². The fourth-order valence-electron chi connectivity index (χ4n) is 7.54. The standard InChI is InChI=1S/C43H26N2/c1-5-27-12-16-32-22-38(23-33-17-13-28(6-1)40(27)42(32)33)45(37-11-3-9-31(21-37)36-10-4-20-44-26-36)39-24-34-18-14-29-7-2-8-30-15-19-35(25-39)43(34)41(29)30/h1-26H. The lowest BCUT2D eigenvalue weighted by Crippen LogP contribution is -2.10. The van der Waals surface area contributed by atoms with Crippen LogP contribution in [0.15, 0.2) is 158 Å². The maximum absolute atomic E-state index is 4.40. The van der Waals surface area contributed by atoms with Gasteiger partial charge in [-0.05, 0) is 113 Å². The van der Waals surface area contributed by atoms with Crippen LogP contribution in [0.1, 0.15) is 0 Å². The average Bonchev–Trinajstić information content (AvgIpc) is 3.10. The first-order chi connectivity index (χ1) is 22.3. The van der Waals surface area contributed by atoms with Gasteiger partial charge in [0.15, 0.2) is 0 Å². The Morgan fingerprint density at radius 2 is 0.756 bits per heavy atom. The van der Waals surface area contributed by atoms with Crippen LogP contribution in [0, 0.1) is 0 Å². The molecule has 0 unspecified atom stereocenters. The number of hydrogen-bond acceptors (Lipinski definition) is 2. The van der Waals surface area contributed by atoms with Gasteiger partial charge in [0.25, 0.3) is 0 Å². The van der Waals surface area contributed by atoms with Gasteiger partial charge in [-0.2, -0.15) is 0 Å². The van der Waals surface area contributed by atoms with E-state index in [9.17, 15) is 0 Å². The second-order valence-corrected chi connectivity index (χ2v) is 12.1. The smallest absolute Gasteiger partial charge is 0.0473 e. The van der Waals surface area contributed by atoms with E-state index in [-0.39, 0.29) is 0 Å². The van der Waals surface area contributed by atoms with Crippen LogP contribution in [-0.2, 0) is 0 Å². The molecule has 0 aliphatic heterocycles. The summed E-state index contributed by atoms with van der Waals surface area (Å²) >= 11 is 0. The van der Waals surface area contributed by atoms with E-state index in [4.69, 9.17) is 0 Å². The lowest BCUT2D eigenvalue weighted by molar-refractivity contribution is 1.29. The molecule has 0 aliphatic carbocycles. The zero-order valence-corrected chi connectivity index (χ0v) is 24.4. The predicted molar refractivity (Wildman–Crippen MR) is 192 cm³/mol. The van der Waals surface area contributed by atoms with E-state index >= 15 is 0 Å². The number of benzene rings is 9. The van der Waals surface area contributed by atoms with Crippen LogP contribution in [0.2, 0.25) is 0 Å². The molecule has 0 saturated heterocycles. The van der Waals surface area contributed by atoms with Crippen molar-refractivity contribution in [2.45, 2.75) is 0 Å². The van der Waals surface area contributed by atoms with Crippen molar-refractivity contribution < 1.29 is 0 Å². The Hall–Kier alpha value is -5.99. The molecule has 2 heteroatoms. The van der Waals surface area contributed by atoms with Crippen LogP contribution in [0.25, 0.3) is 75.8 Å². The van der Waals surface area contributed by atoms with E-state index in [2.05, 4.69) is 149 Å². The lowest BCUT2D eigenvalue weighted by Gasteiger charge is -2.28. The molecule has 0 spiro atoms. The zero-order valence-electron chi connectivity index (χ0n) is 24.4. The van der Waals surface area contributed by atoms with Gasteiger partial charge in [0.05, 0.1) is 0 Å². The first-order valence-electron chi connectivity index (χ1n) is 15.4. The first kappa shape index (κ1) is 24.5. The molecule has 0 aliphatic rings. The van der Waals surface area contributed by atoms with Crippen molar-refractivity contribution in [1.29, 1.82) is 0 Å². The Morgan fingerprint density at radius 3 is 1.22 bits per heavy atom. The summed E-state index contributed by atoms with van der Waals surface area (Å²) in [5.74, 6) is 0. The molecular formula is C43H26N2. The maximum atomic E-state index is 4.40. The number of anilines is 3. The molecule has 10 rings (SSSR count). The van der Waals surface area contributed by atoms with E-state index in [0.29, 0.717) is 0 Å². The highest BCUT2D eigenvalue weighted by molar-refractivity contribution is 6.25. The monoisotopic (exact) mass is 570 g/mol. The van der Waals surface area contributed by atoms with E-state index in [1.54, 1.807) is 0 Å². The van der Waals surface area contributed by atoms with Gasteiger partial charge in [-0.3, -0.25) is 4.98 Å². The minimum Gasteiger partial charge on any atom is -0.310 e. The quantitative estimate of drug-likeness (QED) is 0.196. The molecule has 0 radical (unpaired) electrons. The SMILES string of the molecule is c1cncc(-c2cccc(N(c3cc4ccc5cccc6ccc(c3)c4c56)c3cc4ccc5cccc6ccc(c3)c4c56)c2)c1. The molecule has 0 amide bonds. The minimum absolute atomic E-state index is 1.10. The number of pyridine rings is 1. The Labute approximate surface area is 260 Å². The Balaban J connectivity index is 1.26. The molecule has 0 bridgehead atoms. The third-order valence-electron chi connectivity index (χ3n) is 9.51. The molecule has 45 heavy (non-hydrogen) atoms. The summed E-state index contributed by atoms with van der Waals surface area (Å²) in [6, 6.07) is 53.7. The molecule has 0 N–H and O–H groups in total. The van der Waals surface area contributed by atoms with Gasteiger partial charge in [0, 0.05) is 35.0 Å². The molecule has 1 heterocycles. The second kappa shape index (κ2) is 9.25. The third-order valence-corrected chi connectivity index (χ3v) is 9.51. The van der Waals surface area contributed by atoms with Crippen LogP contribution in [0.4, 0.5) is 17.1 Å². The second-order valence-electron chi connectivity index (χ2n) is 12.1. The molecule has 0 atom stereocenters. The zero-order chi connectivity index (χ0) is 29.5. The van der Waals surface area contributed by atoms with Gasteiger partial charge in [0.1, 0.15) is 0 Å². The molecule has 9 aromatic carbocycles. The molecule has 0 saturated carbocycles. The summed E-state index contributed by atoms with van der Waals surface area (Å²) in [7, 11) is 0. The minimum atomic E-state index is 1.10. The summed E-state index contributed by atoms with van der Waals surface area (Å²) < 4.78 is 0. The van der Waals surface area contributed by atoms with Crippen molar-refractivity contribution >= 4 is 81.7 Å². The number of hydrogen-bond donors (Lipinski definition) is 0. The molecule has 2 nitrogen and oxygen atoms in total. The fourth-order valence-corrected chi connectivity index (χ4v) is 7.54. The summed E-state index contributed by atoms with van der Waals surface area (Å²) in [6.07, 6.45) is 3.76. The van der Waals surface area contributed by atoms with Crippen molar-refractivity contribution in [3.8, 4) is 11.1 Å². The molecule has 208 valence electrons. The van der Waals surface area contributed by atoms with E-state index in [1.807, 2.05) is 18.5 Å². The summed E-state index contributed by atoms with van der Waals surface area (Å²) in [5, 5.41) is 15.5. The fraction of sp³-hybridized carbons (Fsp3) is 0. The molecule has 10 aromatic rings. The van der Waals surface area contributed by atoms with Crippen molar-refractivity contribution in [1.82, 2.24) is 4.98 Å². The number of aromatic nitrogens is 1. The summed E-state index contributed by atoms with van der Waals surface area (Å²) in [5.41, 5.74) is 5.62. The normalized spacial score (nSPS) is 12.0. The third kappa shape index (κ3) is 3.66. The topological polar surface area (TPSA) is 16.1 Å². The molecular weight excluding hydrogens is 544 g/mol. The summed E-state index contributed by atoms with van der Waals surface area (Å²) in [6.45, 7) is 0. The molecule has 0 fully saturated rings. The van der Waals surface area contributed by atoms with Crippen molar-refractivity contribution in [3.05, 3.63) is 158 Å². The predicted octanol–water partition coefficient (Wildman–Crippen LogP) is 12.0. The Bertz CT molecular complexity index is 2430. The van der Waals surface area contributed by atoms with E-state index in [1.165, 1.54) is 64.6 Å². The maximum Gasteiger partial charge on any atom is 0.0473 e. The van der Waals surface area contributed by atoms with Gasteiger partial charge in [-0.25, -0.2) is 0 Å². The van der Waals surface area contributed by atoms with Crippen molar-refractivity contribution in [2.75, 3.05) is 4.90 Å². The number of rotatable bonds is 4. The van der Waals surface area contributed by atoms with Crippen LogP contribution in [0.3, 0.4) is 0 Å². The summed E-state index contributed by atoms with van der Waals surface area (Å²) in [4.78, 5) is 6.82. The van der Waals surface area contributed by atoms with Gasteiger partial charge in [-0.15, -0.1) is 0 Å². The highest BCUT2D eigenvalue weighted by atomic mass is 15.1.